The van der Waals surface area contributed by atoms with Crippen LogP contribution in [0.4, 0.5) is 14.9 Å². The summed E-state index contributed by atoms with van der Waals surface area (Å²) in [4.78, 5) is 27.5. The number of nitrogens with one attached hydrogen (secondary N) is 1. The van der Waals surface area contributed by atoms with Crippen LogP contribution in [-0.2, 0) is 10.3 Å². The second kappa shape index (κ2) is 8.92. The van der Waals surface area contributed by atoms with Crippen LogP contribution in [0.15, 0.2) is 54.9 Å². The first-order valence-electron chi connectivity index (χ1n) is 12.3. The molecule has 6 rings (SSSR count). The summed E-state index contributed by atoms with van der Waals surface area (Å²) in [5.74, 6) is -0.184. The monoisotopic (exact) mass is 508 g/mol. The summed E-state index contributed by atoms with van der Waals surface area (Å²) in [6.45, 7) is 0.511. The van der Waals surface area contributed by atoms with Crippen LogP contribution in [0.5, 0.6) is 0 Å². The molecule has 0 radical (unpaired) electrons. The van der Waals surface area contributed by atoms with E-state index in [-0.39, 0.29) is 29.1 Å². The van der Waals surface area contributed by atoms with Gasteiger partial charge in [0, 0.05) is 12.7 Å². The van der Waals surface area contributed by atoms with Crippen molar-refractivity contribution in [2.75, 3.05) is 18.4 Å². The Morgan fingerprint density at radius 2 is 2.06 bits per heavy atom. The predicted octanol–water partition coefficient (Wildman–Crippen LogP) is 5.76. The number of carbonyl (C=O) groups is 2. The lowest BCUT2D eigenvalue weighted by Gasteiger charge is -2.45. The van der Waals surface area contributed by atoms with E-state index in [0.29, 0.717) is 36.6 Å². The third-order valence-electron chi connectivity index (χ3n) is 7.42. The van der Waals surface area contributed by atoms with Gasteiger partial charge < -0.3 is 9.64 Å². The number of carbonyl (C=O) groups excluding carboxylic acids is 2. The van der Waals surface area contributed by atoms with Crippen molar-refractivity contribution in [1.29, 1.82) is 0 Å². The van der Waals surface area contributed by atoms with Gasteiger partial charge in [-0.05, 0) is 42.9 Å². The number of likely N-dealkylation sites (tertiary alicyclic amines) is 1. The molecule has 2 aromatic carbocycles. The molecule has 1 saturated carbocycles. The largest absolute Gasteiger partial charge is 0.436 e. The molecule has 0 bridgehead atoms. The minimum atomic E-state index is -1.30. The molecule has 1 aliphatic carbocycles. The minimum Gasteiger partial charge on any atom is -0.436 e. The second-order valence-corrected chi connectivity index (χ2v) is 10.3. The van der Waals surface area contributed by atoms with E-state index >= 15 is 4.39 Å². The van der Waals surface area contributed by atoms with Gasteiger partial charge in [0.15, 0.2) is 11.4 Å². The van der Waals surface area contributed by atoms with Gasteiger partial charge in [-0.1, -0.05) is 54.8 Å². The SMILES string of the molecule is O=C1Nc2ccc(Cl)c(F)c2[C@@]2(CCCN(C(=O)c3cnn([C@@H](CC4CC4)c4ccccc4)c3)C2)O1. The molecule has 2 atom stereocenters. The molecule has 1 aromatic heterocycles. The van der Waals surface area contributed by atoms with E-state index in [9.17, 15) is 9.59 Å². The zero-order valence-electron chi connectivity index (χ0n) is 19.6. The van der Waals surface area contributed by atoms with Crippen LogP contribution < -0.4 is 5.32 Å². The topological polar surface area (TPSA) is 76.5 Å². The van der Waals surface area contributed by atoms with Crippen molar-refractivity contribution in [2.45, 2.75) is 43.7 Å². The number of anilines is 1. The fourth-order valence-electron chi connectivity index (χ4n) is 5.49. The molecule has 2 amide bonds. The number of halogens is 2. The van der Waals surface area contributed by atoms with E-state index in [1.54, 1.807) is 23.4 Å². The lowest BCUT2D eigenvalue weighted by molar-refractivity contribution is -0.0418. The highest BCUT2D eigenvalue weighted by molar-refractivity contribution is 6.31. The predicted molar refractivity (Wildman–Crippen MR) is 132 cm³/mol. The van der Waals surface area contributed by atoms with Crippen molar-refractivity contribution in [3.05, 3.63) is 82.4 Å². The first kappa shape index (κ1) is 23.0. The lowest BCUT2D eigenvalue weighted by Crippen LogP contribution is -2.53. The van der Waals surface area contributed by atoms with E-state index in [2.05, 4.69) is 22.5 Å². The number of ether oxygens (including phenoxy) is 1. The molecule has 1 saturated heterocycles. The van der Waals surface area contributed by atoms with E-state index in [0.717, 1.165) is 12.0 Å². The van der Waals surface area contributed by atoms with Crippen LogP contribution in [0.3, 0.4) is 0 Å². The Hall–Kier alpha value is -3.39. The molecule has 7 nitrogen and oxygen atoms in total. The van der Waals surface area contributed by atoms with Crippen molar-refractivity contribution >= 4 is 29.3 Å². The Morgan fingerprint density at radius 3 is 2.83 bits per heavy atom. The molecule has 3 aliphatic rings. The Bertz CT molecular complexity index is 1330. The smallest absolute Gasteiger partial charge is 0.412 e. The van der Waals surface area contributed by atoms with E-state index in [1.165, 1.54) is 18.9 Å². The molecular formula is C27H26ClFN4O3. The molecule has 1 spiro atoms. The number of amides is 2. The molecule has 0 unspecified atom stereocenters. The lowest BCUT2D eigenvalue weighted by atomic mass is 9.83. The normalized spacial score (nSPS) is 22.1. The van der Waals surface area contributed by atoms with Crippen molar-refractivity contribution in [3.8, 4) is 0 Å². The van der Waals surface area contributed by atoms with Gasteiger partial charge in [-0.2, -0.15) is 5.10 Å². The van der Waals surface area contributed by atoms with Crippen LogP contribution in [0.2, 0.25) is 5.02 Å². The van der Waals surface area contributed by atoms with Crippen LogP contribution in [0, 0.1) is 11.7 Å². The second-order valence-electron chi connectivity index (χ2n) is 9.94. The van der Waals surface area contributed by atoms with Gasteiger partial charge in [0.05, 0.1) is 40.6 Å². The average molecular weight is 509 g/mol. The zero-order chi connectivity index (χ0) is 24.9. The highest BCUT2D eigenvalue weighted by atomic mass is 35.5. The molecule has 3 heterocycles. The highest BCUT2D eigenvalue weighted by Gasteiger charge is 2.48. The highest BCUT2D eigenvalue weighted by Crippen LogP contribution is 2.45. The summed E-state index contributed by atoms with van der Waals surface area (Å²) in [5.41, 5.74) is 0.831. The maximum absolute atomic E-state index is 15.2. The quantitative estimate of drug-likeness (QED) is 0.475. The molecule has 2 fully saturated rings. The van der Waals surface area contributed by atoms with Crippen LogP contribution >= 0.6 is 11.6 Å². The Kier molecular flexibility index (Phi) is 5.71. The number of nitrogens with zero attached hydrogens (tertiary/aromatic N) is 3. The Balaban J connectivity index is 1.28. The molecule has 9 heteroatoms. The van der Waals surface area contributed by atoms with E-state index in [1.807, 2.05) is 22.9 Å². The van der Waals surface area contributed by atoms with Crippen molar-refractivity contribution in [3.63, 3.8) is 0 Å². The average Bonchev–Trinajstić information content (AvgIpc) is 3.58. The Labute approximate surface area is 213 Å². The minimum absolute atomic E-state index is 0.0406. The molecule has 1 N–H and O–H groups in total. The molecule has 186 valence electrons. The molecular weight excluding hydrogens is 483 g/mol. The molecule has 3 aromatic rings. The third kappa shape index (κ3) is 4.13. The summed E-state index contributed by atoms with van der Waals surface area (Å²) in [5, 5.41) is 7.06. The first-order valence-corrected chi connectivity index (χ1v) is 12.7. The standard InChI is InChI=1S/C27H26ClFN4O3/c28-20-9-10-21-23(24(20)29)27(36-26(35)31-21)11-4-12-32(16-27)25(34)19-14-30-33(15-19)22(13-17-7-8-17)18-5-2-1-3-6-18/h1-3,5-6,9-10,14-15,17,22H,4,7-8,11-13,16H2,(H,31,35)/t22-,27-/m0/s1. The number of piperidine rings is 1. The van der Waals surface area contributed by atoms with Crippen molar-refractivity contribution in [1.82, 2.24) is 14.7 Å². The van der Waals surface area contributed by atoms with Gasteiger partial charge in [-0.25, -0.2) is 9.18 Å². The van der Waals surface area contributed by atoms with Crippen LogP contribution in [-0.4, -0.2) is 39.8 Å². The van der Waals surface area contributed by atoms with Gasteiger partial charge in [0.2, 0.25) is 0 Å². The summed E-state index contributed by atoms with van der Waals surface area (Å²) in [6, 6.07) is 13.2. The maximum Gasteiger partial charge on any atom is 0.412 e. The number of hydrogen-bond acceptors (Lipinski definition) is 4. The Morgan fingerprint density at radius 1 is 1.25 bits per heavy atom. The van der Waals surface area contributed by atoms with Crippen molar-refractivity contribution in [2.24, 2.45) is 5.92 Å². The number of rotatable bonds is 5. The van der Waals surface area contributed by atoms with Gasteiger partial charge in [0.25, 0.3) is 5.91 Å². The van der Waals surface area contributed by atoms with Gasteiger partial charge in [0.1, 0.15) is 0 Å². The van der Waals surface area contributed by atoms with Gasteiger partial charge in [-0.15, -0.1) is 0 Å². The van der Waals surface area contributed by atoms with Crippen LogP contribution in [0.1, 0.15) is 59.6 Å². The number of fused-ring (bicyclic) bond motifs is 2. The number of benzene rings is 2. The van der Waals surface area contributed by atoms with Gasteiger partial charge >= 0.3 is 6.09 Å². The third-order valence-corrected chi connectivity index (χ3v) is 7.71. The van der Waals surface area contributed by atoms with Crippen LogP contribution in [0.25, 0.3) is 0 Å². The number of hydrogen-bond donors (Lipinski definition) is 1. The van der Waals surface area contributed by atoms with Crippen molar-refractivity contribution < 1.29 is 18.7 Å². The fraction of sp³-hybridized carbons (Fsp3) is 0.370. The maximum atomic E-state index is 15.2. The van der Waals surface area contributed by atoms with E-state index in [4.69, 9.17) is 16.3 Å². The fourth-order valence-corrected chi connectivity index (χ4v) is 5.65. The molecule has 2 aliphatic heterocycles. The molecule has 36 heavy (non-hydrogen) atoms. The van der Waals surface area contributed by atoms with Gasteiger partial charge in [-0.3, -0.25) is 14.8 Å². The van der Waals surface area contributed by atoms with E-state index < -0.39 is 17.5 Å². The summed E-state index contributed by atoms with van der Waals surface area (Å²) < 4.78 is 22.7. The summed E-state index contributed by atoms with van der Waals surface area (Å²) in [6.07, 6.45) is 7.08. The summed E-state index contributed by atoms with van der Waals surface area (Å²) in [7, 11) is 0. The summed E-state index contributed by atoms with van der Waals surface area (Å²) >= 11 is 6.07. The first-order chi connectivity index (χ1) is 17.4. The number of aromatic nitrogens is 2. The zero-order valence-corrected chi connectivity index (χ0v) is 20.4.